The third kappa shape index (κ3) is 34.6. The number of carbonyl (C=O) groups excluding carboxylic acids is 6. The maximum atomic E-state index is 13.5. The van der Waals surface area contributed by atoms with Crippen molar-refractivity contribution in [3.63, 3.8) is 0 Å². The lowest BCUT2D eigenvalue weighted by Gasteiger charge is -2.24. The van der Waals surface area contributed by atoms with Crippen molar-refractivity contribution in [3.8, 4) is 5.75 Å². The SMILES string of the molecule is CCCCCCCCCCCCCCCC(=O)OCC(CNC(=O)[C@H](COP(=O)(O)OCCNC(=O)[C@@H](NC(=O)Cc1cc2cc(OCc3ccccc3)ccc2[nH]1)[C@@H](C)CC)NC(C)=O)OC(=O)CCCCCCCCCCCCCCC. The molecule has 3 rings (SSSR count). The molecule has 0 bridgehead atoms. The van der Waals surface area contributed by atoms with Gasteiger partial charge in [0.25, 0.3) is 0 Å². The highest BCUT2D eigenvalue weighted by Crippen LogP contribution is 2.43. The number of ether oxygens (including phenoxy) is 3. The summed E-state index contributed by atoms with van der Waals surface area (Å²) in [5.74, 6) is -2.90. The highest BCUT2D eigenvalue weighted by molar-refractivity contribution is 7.47. The van der Waals surface area contributed by atoms with Crippen LogP contribution >= 0.6 is 7.82 Å². The number of amides is 4. The van der Waals surface area contributed by atoms with E-state index in [-0.39, 0.29) is 50.8 Å². The summed E-state index contributed by atoms with van der Waals surface area (Å²) in [5.41, 5.74) is 2.51. The molecule has 474 valence electrons. The summed E-state index contributed by atoms with van der Waals surface area (Å²) >= 11 is 0. The van der Waals surface area contributed by atoms with E-state index < -0.39 is 68.9 Å². The standard InChI is InChI=1S/C65H106N5O13P/c1-6-9-11-13-15-17-19-21-23-25-27-29-34-38-61(73)80-49-57(83-62(74)39-35-30-28-26-24-22-20-18-16-14-12-10-7-2)47-67-64(75)59(68-52(5)71)50-82-84(77,78)81-43-42-66-65(76)63(51(4)8-3)70-60(72)46-55-44-54-45-56(40-41-58(54)69-55)79-48-53-36-32-31-33-37-53/h31-33,36-37,40-41,44-45,51,57,59,63,69H,6-30,34-35,38-39,42-43,46-50H2,1-5H3,(H,66,76)(H,67,75)(H,68,71)(H,70,72)(H,77,78)/t51-,57?,59-,63-/m0/s1. The van der Waals surface area contributed by atoms with Crippen molar-refractivity contribution in [3.05, 3.63) is 65.9 Å². The first-order valence-corrected chi connectivity index (χ1v) is 33.5. The van der Waals surface area contributed by atoms with Gasteiger partial charge in [-0.25, -0.2) is 4.57 Å². The maximum absolute atomic E-state index is 13.5. The van der Waals surface area contributed by atoms with Gasteiger partial charge in [0.2, 0.25) is 23.6 Å². The topological polar surface area (TPSA) is 250 Å². The fourth-order valence-corrected chi connectivity index (χ4v) is 10.6. The molecule has 19 heteroatoms. The van der Waals surface area contributed by atoms with Gasteiger partial charge < -0.3 is 45.4 Å². The molecule has 0 radical (unpaired) electrons. The van der Waals surface area contributed by atoms with Gasteiger partial charge in [-0.15, -0.1) is 0 Å². The van der Waals surface area contributed by atoms with Crippen LogP contribution in [0.25, 0.3) is 10.9 Å². The van der Waals surface area contributed by atoms with E-state index in [4.69, 9.17) is 23.3 Å². The van der Waals surface area contributed by atoms with Gasteiger partial charge >= 0.3 is 19.8 Å². The Morgan fingerprint density at radius 1 is 0.619 bits per heavy atom. The van der Waals surface area contributed by atoms with Gasteiger partial charge in [-0.05, 0) is 48.6 Å². The summed E-state index contributed by atoms with van der Waals surface area (Å²) in [5, 5.41) is 11.3. The van der Waals surface area contributed by atoms with Crippen LogP contribution in [0.2, 0.25) is 0 Å². The van der Waals surface area contributed by atoms with E-state index in [0.717, 1.165) is 61.9 Å². The molecule has 0 spiro atoms. The van der Waals surface area contributed by atoms with Gasteiger partial charge in [0, 0.05) is 42.9 Å². The molecule has 0 aliphatic carbocycles. The number of aromatic amines is 1. The zero-order valence-corrected chi connectivity index (χ0v) is 52.6. The minimum atomic E-state index is -4.86. The quantitative estimate of drug-likeness (QED) is 0.0175. The molecule has 2 unspecified atom stereocenters. The molecule has 0 aliphatic rings. The van der Waals surface area contributed by atoms with E-state index in [1.54, 1.807) is 0 Å². The number of H-pyrrole nitrogens is 1. The minimum absolute atomic E-state index is 0.0244. The molecule has 3 aromatic rings. The number of aromatic nitrogens is 1. The number of nitrogens with one attached hydrogen (secondary N) is 5. The van der Waals surface area contributed by atoms with E-state index in [1.807, 2.05) is 68.4 Å². The Labute approximate surface area is 502 Å². The van der Waals surface area contributed by atoms with Crippen molar-refractivity contribution >= 4 is 54.3 Å². The smallest absolute Gasteiger partial charge is 0.472 e. The van der Waals surface area contributed by atoms with Crippen LogP contribution < -0.4 is 26.0 Å². The highest BCUT2D eigenvalue weighted by atomic mass is 31.2. The number of phosphoric ester groups is 1. The second-order valence-electron chi connectivity index (χ2n) is 22.6. The molecule has 6 N–H and O–H groups in total. The van der Waals surface area contributed by atoms with Crippen LogP contribution in [-0.4, -0.2) is 96.5 Å². The summed E-state index contributed by atoms with van der Waals surface area (Å²) < 4.78 is 40.5. The summed E-state index contributed by atoms with van der Waals surface area (Å²) in [7, 11) is -4.86. The number of unbranched alkanes of at least 4 members (excludes halogenated alkanes) is 24. The Morgan fingerprint density at radius 3 is 1.71 bits per heavy atom. The molecule has 18 nitrogen and oxygen atoms in total. The Balaban J connectivity index is 1.46. The van der Waals surface area contributed by atoms with Crippen molar-refractivity contribution in [2.24, 2.45) is 5.92 Å². The van der Waals surface area contributed by atoms with Crippen molar-refractivity contribution in [1.82, 2.24) is 26.3 Å². The summed E-state index contributed by atoms with van der Waals surface area (Å²) in [4.78, 5) is 92.1. The van der Waals surface area contributed by atoms with Crippen LogP contribution in [0.3, 0.4) is 0 Å². The molecule has 1 heterocycles. The number of rotatable bonds is 51. The first-order chi connectivity index (χ1) is 40.6. The van der Waals surface area contributed by atoms with Gasteiger partial charge in [-0.1, -0.05) is 219 Å². The number of benzene rings is 2. The Hall–Kier alpha value is -5.29. The van der Waals surface area contributed by atoms with Crippen LogP contribution in [0.1, 0.15) is 232 Å². The normalized spacial score (nSPS) is 13.5. The molecule has 0 saturated heterocycles. The predicted octanol–water partition coefficient (Wildman–Crippen LogP) is 13.1. The second kappa shape index (κ2) is 45.1. The molecule has 0 aliphatic heterocycles. The first kappa shape index (κ1) is 73.0. The second-order valence-corrected chi connectivity index (χ2v) is 24.0. The number of carbonyl (C=O) groups is 6. The molecule has 4 amide bonds. The van der Waals surface area contributed by atoms with Crippen LogP contribution in [0.15, 0.2) is 54.6 Å². The van der Waals surface area contributed by atoms with Crippen molar-refractivity contribution < 1.29 is 61.5 Å². The number of hydrogen-bond donors (Lipinski definition) is 6. The third-order valence-corrected chi connectivity index (χ3v) is 16.0. The molecular formula is C65H106N5O13P. The molecule has 2 aromatic carbocycles. The van der Waals surface area contributed by atoms with E-state index in [1.165, 1.54) is 116 Å². The Kier molecular flexibility index (Phi) is 39.2. The van der Waals surface area contributed by atoms with Crippen LogP contribution in [-0.2, 0) is 64.9 Å². The van der Waals surface area contributed by atoms with Gasteiger partial charge in [0.1, 0.15) is 31.0 Å². The molecule has 1 aromatic heterocycles. The maximum Gasteiger partial charge on any atom is 0.472 e. The lowest BCUT2D eigenvalue weighted by atomic mass is 9.98. The van der Waals surface area contributed by atoms with Crippen LogP contribution in [0, 0.1) is 5.92 Å². The van der Waals surface area contributed by atoms with Gasteiger partial charge in [-0.3, -0.25) is 37.8 Å². The lowest BCUT2D eigenvalue weighted by Crippen LogP contribution is -2.51. The van der Waals surface area contributed by atoms with Crippen molar-refractivity contribution in [2.75, 3.05) is 32.9 Å². The van der Waals surface area contributed by atoms with E-state index >= 15 is 0 Å². The molecular weight excluding hydrogens is 1090 g/mol. The number of hydrogen-bond acceptors (Lipinski definition) is 12. The highest BCUT2D eigenvalue weighted by Gasteiger charge is 2.30. The van der Waals surface area contributed by atoms with Crippen molar-refractivity contribution in [1.29, 1.82) is 0 Å². The lowest BCUT2D eigenvalue weighted by molar-refractivity contribution is -0.159. The van der Waals surface area contributed by atoms with Crippen molar-refractivity contribution in [2.45, 2.75) is 252 Å². The minimum Gasteiger partial charge on any atom is -0.489 e. The van der Waals surface area contributed by atoms with Gasteiger partial charge in [0.15, 0.2) is 6.10 Å². The average Bonchev–Trinajstić information content (AvgIpc) is 4.03. The van der Waals surface area contributed by atoms with Crippen LogP contribution in [0.4, 0.5) is 0 Å². The molecule has 5 atom stereocenters. The average molecular weight is 1200 g/mol. The summed E-state index contributed by atoms with van der Waals surface area (Å²) in [6.45, 7) is 7.66. The van der Waals surface area contributed by atoms with E-state index in [9.17, 15) is 38.2 Å². The third-order valence-electron chi connectivity index (χ3n) is 15.0. The molecule has 0 saturated carbocycles. The molecule has 0 fully saturated rings. The zero-order valence-electron chi connectivity index (χ0n) is 51.8. The van der Waals surface area contributed by atoms with E-state index in [0.29, 0.717) is 37.3 Å². The van der Waals surface area contributed by atoms with Crippen LogP contribution in [0.5, 0.6) is 5.75 Å². The first-order valence-electron chi connectivity index (χ1n) is 32.0. The summed E-state index contributed by atoms with van der Waals surface area (Å²) in [6.07, 6.45) is 30.2. The monoisotopic (exact) mass is 1200 g/mol. The fraction of sp³-hybridized carbons (Fsp3) is 0.692. The zero-order chi connectivity index (χ0) is 61.1. The fourth-order valence-electron chi connectivity index (χ4n) is 9.82. The largest absolute Gasteiger partial charge is 0.489 e. The van der Waals surface area contributed by atoms with E-state index in [2.05, 4.69) is 40.1 Å². The number of fused-ring (bicyclic) bond motifs is 1. The number of phosphoric acid groups is 1. The predicted molar refractivity (Wildman–Crippen MR) is 331 cm³/mol. The molecule has 84 heavy (non-hydrogen) atoms. The Morgan fingerprint density at radius 2 is 1.17 bits per heavy atom. The van der Waals surface area contributed by atoms with Gasteiger partial charge in [0.05, 0.1) is 26.2 Å². The summed E-state index contributed by atoms with van der Waals surface area (Å²) in [6, 6.07) is 14.9. The van der Waals surface area contributed by atoms with Gasteiger partial charge in [-0.2, -0.15) is 0 Å². The number of esters is 2. The Bertz CT molecular complexity index is 2350.